The number of likely N-dealkylation sites (tertiary alicyclic amines) is 1. The van der Waals surface area contributed by atoms with Crippen molar-refractivity contribution in [3.63, 3.8) is 0 Å². The molecule has 212 valence electrons. The van der Waals surface area contributed by atoms with Crippen LogP contribution in [0.2, 0.25) is 0 Å². The molecular formula is C29H28F2N6O4. The first-order chi connectivity index (χ1) is 19.5. The minimum absolute atomic E-state index is 0.111. The van der Waals surface area contributed by atoms with Gasteiger partial charge in [-0.05, 0) is 62.2 Å². The average Bonchev–Trinajstić information content (AvgIpc) is 3.41. The first-order valence-electron chi connectivity index (χ1n) is 13.3. The number of H-pyrrole nitrogens is 1. The average molecular weight is 563 g/mol. The highest BCUT2D eigenvalue weighted by Gasteiger charge is 2.71. The Labute approximate surface area is 234 Å². The summed E-state index contributed by atoms with van der Waals surface area (Å²) < 4.78 is 41.1. The maximum Gasteiger partial charge on any atom is 0.414 e. The number of aromatic amines is 1. The number of anilines is 1. The van der Waals surface area contributed by atoms with Gasteiger partial charge >= 0.3 is 12.2 Å². The van der Waals surface area contributed by atoms with Crippen LogP contribution in [0.25, 0.3) is 11.1 Å². The Hall–Kier alpha value is -4.53. The maximum absolute atomic E-state index is 15.7. The number of hydrogen-bond acceptors (Lipinski definition) is 7. The fourth-order valence-corrected chi connectivity index (χ4v) is 6.12. The Bertz CT molecular complexity index is 1550. The summed E-state index contributed by atoms with van der Waals surface area (Å²) in [6, 6.07) is 10.7. The molecule has 2 aromatic carbocycles. The number of halogens is 2. The number of aromatic nitrogens is 3. The predicted octanol–water partition coefficient (Wildman–Crippen LogP) is 4.58. The molecule has 1 aromatic heterocycles. The first kappa shape index (κ1) is 26.7. The summed E-state index contributed by atoms with van der Waals surface area (Å²) >= 11 is 0. The van der Waals surface area contributed by atoms with Gasteiger partial charge in [0.1, 0.15) is 23.3 Å². The normalized spacial score (nSPS) is 25.1. The number of carbonyl (C=O) groups excluding carboxylic acids is 2. The van der Waals surface area contributed by atoms with Crippen LogP contribution in [0.1, 0.15) is 32.0 Å². The highest BCUT2D eigenvalue weighted by molar-refractivity contribution is 5.90. The molecule has 3 aliphatic rings. The minimum Gasteiger partial charge on any atom is -0.444 e. The van der Waals surface area contributed by atoms with E-state index in [1.54, 1.807) is 37.9 Å². The van der Waals surface area contributed by atoms with Crippen molar-refractivity contribution in [1.82, 2.24) is 20.3 Å². The van der Waals surface area contributed by atoms with Crippen molar-refractivity contribution in [3.05, 3.63) is 65.5 Å². The van der Waals surface area contributed by atoms with Crippen molar-refractivity contribution in [3.8, 4) is 17.2 Å². The molecule has 0 radical (unpaired) electrons. The largest absolute Gasteiger partial charge is 0.444 e. The third kappa shape index (κ3) is 4.65. The molecule has 12 heteroatoms. The number of fused-ring (bicyclic) bond motifs is 1. The van der Waals surface area contributed by atoms with E-state index in [0.29, 0.717) is 36.5 Å². The second-order valence-corrected chi connectivity index (χ2v) is 11.7. The minimum atomic E-state index is -0.986. The van der Waals surface area contributed by atoms with E-state index in [1.165, 1.54) is 35.2 Å². The van der Waals surface area contributed by atoms with Gasteiger partial charge in [-0.15, -0.1) is 5.10 Å². The Morgan fingerprint density at radius 2 is 1.93 bits per heavy atom. The van der Waals surface area contributed by atoms with Gasteiger partial charge in [0.05, 0.1) is 35.6 Å². The monoisotopic (exact) mass is 562 g/mol. The van der Waals surface area contributed by atoms with Crippen LogP contribution in [0.5, 0.6) is 0 Å². The van der Waals surface area contributed by atoms with Gasteiger partial charge in [0.25, 0.3) is 0 Å². The van der Waals surface area contributed by atoms with Gasteiger partial charge in [0.15, 0.2) is 0 Å². The first-order valence-corrected chi connectivity index (χ1v) is 13.3. The molecule has 4 atom stereocenters. The molecule has 6 rings (SSSR count). The summed E-state index contributed by atoms with van der Waals surface area (Å²) in [5.41, 5.74) is 0.261. The molecule has 10 nitrogen and oxygen atoms in total. The molecule has 1 aliphatic carbocycles. The molecule has 1 saturated carbocycles. The van der Waals surface area contributed by atoms with Crippen molar-refractivity contribution >= 4 is 17.9 Å². The van der Waals surface area contributed by atoms with Gasteiger partial charge in [0, 0.05) is 36.9 Å². The molecule has 3 aromatic rings. The van der Waals surface area contributed by atoms with Crippen LogP contribution in [0.3, 0.4) is 0 Å². The molecule has 3 fully saturated rings. The summed E-state index contributed by atoms with van der Waals surface area (Å²) in [7, 11) is 0. The van der Waals surface area contributed by atoms with E-state index in [9.17, 15) is 19.2 Å². The molecule has 3 heterocycles. The molecular weight excluding hydrogens is 534 g/mol. The number of rotatable bonds is 5. The van der Waals surface area contributed by atoms with E-state index in [2.05, 4.69) is 21.5 Å². The summed E-state index contributed by atoms with van der Waals surface area (Å²) in [4.78, 5) is 28.0. The fourth-order valence-electron chi connectivity index (χ4n) is 6.12. The van der Waals surface area contributed by atoms with Crippen LogP contribution in [0.15, 0.2) is 42.6 Å². The highest BCUT2D eigenvalue weighted by Crippen LogP contribution is 2.64. The summed E-state index contributed by atoms with van der Waals surface area (Å²) in [5.74, 6) is -1.61. The lowest BCUT2D eigenvalue weighted by Crippen LogP contribution is -2.39. The van der Waals surface area contributed by atoms with E-state index in [4.69, 9.17) is 9.47 Å². The Balaban J connectivity index is 1.25. The second kappa shape index (κ2) is 9.54. The zero-order valence-corrected chi connectivity index (χ0v) is 22.7. The number of nitrogens with one attached hydrogen (secondary N) is 1. The van der Waals surface area contributed by atoms with Gasteiger partial charge in [-0.2, -0.15) is 5.26 Å². The molecule has 0 spiro atoms. The van der Waals surface area contributed by atoms with Crippen LogP contribution >= 0.6 is 0 Å². The van der Waals surface area contributed by atoms with Crippen molar-refractivity contribution in [1.29, 1.82) is 5.26 Å². The molecule has 41 heavy (non-hydrogen) atoms. The van der Waals surface area contributed by atoms with Crippen molar-refractivity contribution in [2.75, 3.05) is 24.5 Å². The van der Waals surface area contributed by atoms with E-state index in [1.807, 2.05) is 0 Å². The predicted molar refractivity (Wildman–Crippen MR) is 142 cm³/mol. The third-order valence-electron chi connectivity index (χ3n) is 7.99. The quantitative estimate of drug-likeness (QED) is 0.483. The van der Waals surface area contributed by atoms with Gasteiger partial charge < -0.3 is 14.4 Å². The molecule has 2 aliphatic heterocycles. The number of nitrogens with zero attached hydrogens (tertiary/aromatic N) is 5. The zero-order valence-electron chi connectivity index (χ0n) is 22.7. The van der Waals surface area contributed by atoms with Crippen LogP contribution in [0, 0.1) is 34.8 Å². The topological polar surface area (TPSA) is 124 Å². The maximum atomic E-state index is 15.7. The van der Waals surface area contributed by atoms with Gasteiger partial charge in [-0.3, -0.25) is 10.00 Å². The molecule has 1 N–H and O–H groups in total. The zero-order chi connectivity index (χ0) is 29.1. The van der Waals surface area contributed by atoms with E-state index in [-0.39, 0.29) is 29.5 Å². The van der Waals surface area contributed by atoms with Crippen molar-refractivity contribution in [2.45, 2.75) is 44.3 Å². The number of ether oxygens (including phenoxy) is 2. The van der Waals surface area contributed by atoms with Crippen LogP contribution in [-0.2, 0) is 21.3 Å². The van der Waals surface area contributed by atoms with Gasteiger partial charge in [-0.25, -0.2) is 18.4 Å². The smallest absolute Gasteiger partial charge is 0.414 e. The number of amides is 2. The van der Waals surface area contributed by atoms with Gasteiger partial charge in [-0.1, -0.05) is 11.3 Å². The van der Waals surface area contributed by atoms with Crippen LogP contribution < -0.4 is 4.90 Å². The van der Waals surface area contributed by atoms with Crippen molar-refractivity contribution < 1.29 is 27.8 Å². The Kier molecular flexibility index (Phi) is 6.21. The molecule has 1 unspecified atom stereocenters. The standard InChI is InChI=1S/C29H28F2N6O4/c1-28(2,3)41-26(38)36-13-23-24(14-36)29(23,15-32)22-7-4-16(30)8-21(22)20-6-5-18(10-25(20)31)37-12-19(40-27(37)39)9-17-11-33-35-34-17/h4-8,10-11,19,23-24H,9,12-14H2,1-3H3,(H,33,34,35)/t19-,23+,24?,29-/m1/s1. The van der Waals surface area contributed by atoms with Crippen LogP contribution in [-0.4, -0.2) is 63.8 Å². The SMILES string of the molecule is CC(C)(C)OC(=O)N1CC2[C@H](C1)[C@@]2(C#N)c1ccc(F)cc1-c1ccc(N2C[C@@H](Cc3cnn[nH]3)OC2=O)cc1F. The van der Waals surface area contributed by atoms with E-state index in [0.717, 1.165) is 0 Å². The fraction of sp³-hybridized carbons (Fsp3) is 0.414. The molecule has 2 saturated heterocycles. The number of benzene rings is 2. The number of hydrogen-bond donors (Lipinski definition) is 1. The van der Waals surface area contributed by atoms with Gasteiger partial charge in [0.2, 0.25) is 0 Å². The number of nitriles is 1. The molecule has 2 amide bonds. The number of piperidine rings is 1. The summed E-state index contributed by atoms with van der Waals surface area (Å²) in [6.45, 7) is 6.20. The highest BCUT2D eigenvalue weighted by atomic mass is 19.1. The Morgan fingerprint density at radius 1 is 1.17 bits per heavy atom. The summed E-state index contributed by atoms with van der Waals surface area (Å²) in [6.07, 6.45) is 0.406. The second-order valence-electron chi connectivity index (χ2n) is 11.7. The van der Waals surface area contributed by atoms with Crippen LogP contribution in [0.4, 0.5) is 24.1 Å². The molecule has 0 bridgehead atoms. The third-order valence-corrected chi connectivity index (χ3v) is 7.99. The lowest BCUT2D eigenvalue weighted by Gasteiger charge is -2.28. The summed E-state index contributed by atoms with van der Waals surface area (Å²) in [5, 5.41) is 20.4. The lowest BCUT2D eigenvalue weighted by molar-refractivity contribution is 0.0266. The lowest BCUT2D eigenvalue weighted by atomic mass is 9.85. The van der Waals surface area contributed by atoms with Crippen molar-refractivity contribution in [2.24, 2.45) is 11.8 Å². The number of carbonyl (C=O) groups is 2. The number of cyclic esters (lactones) is 1. The van der Waals surface area contributed by atoms with E-state index < -0.39 is 40.9 Å². The Morgan fingerprint density at radius 3 is 2.56 bits per heavy atom. The van der Waals surface area contributed by atoms with E-state index >= 15 is 4.39 Å².